The van der Waals surface area contributed by atoms with Crippen LogP contribution in [0.15, 0.2) is 10.7 Å². The van der Waals surface area contributed by atoms with E-state index >= 15 is 0 Å². The second-order valence-corrected chi connectivity index (χ2v) is 3.93. The summed E-state index contributed by atoms with van der Waals surface area (Å²) in [5.41, 5.74) is 5.62. The molecular formula is C8H13BrN4. The second-order valence-electron chi connectivity index (χ2n) is 3.07. The molecule has 0 radical (unpaired) electrons. The number of nitrogen functional groups attached to an aromatic ring is 1. The predicted molar refractivity (Wildman–Crippen MR) is 56.4 cm³/mol. The van der Waals surface area contributed by atoms with Crippen LogP contribution in [-0.2, 0) is 6.42 Å². The van der Waals surface area contributed by atoms with Crippen LogP contribution in [0.25, 0.3) is 0 Å². The molecule has 0 unspecified atom stereocenters. The SMILES string of the molecule is CN(C)CCc1ncc(Br)c(N)n1. The molecule has 72 valence electrons. The lowest BCUT2D eigenvalue weighted by atomic mass is 10.4. The van der Waals surface area contributed by atoms with Gasteiger partial charge in [-0.05, 0) is 30.0 Å². The number of nitrogens with two attached hydrogens (primary N) is 1. The van der Waals surface area contributed by atoms with Crippen LogP contribution in [-0.4, -0.2) is 35.5 Å². The second kappa shape index (κ2) is 4.53. The lowest BCUT2D eigenvalue weighted by Crippen LogP contribution is -2.16. The summed E-state index contributed by atoms with van der Waals surface area (Å²) in [6, 6.07) is 0. The Hall–Kier alpha value is -0.680. The Morgan fingerprint density at radius 1 is 1.54 bits per heavy atom. The molecule has 0 amide bonds. The molecule has 0 saturated carbocycles. The number of hydrogen-bond acceptors (Lipinski definition) is 4. The number of hydrogen-bond donors (Lipinski definition) is 1. The maximum absolute atomic E-state index is 5.62. The molecule has 13 heavy (non-hydrogen) atoms. The molecule has 0 bridgehead atoms. The van der Waals surface area contributed by atoms with Crippen molar-refractivity contribution in [1.29, 1.82) is 0 Å². The Balaban J connectivity index is 2.63. The first-order chi connectivity index (χ1) is 6.09. The molecule has 0 aliphatic carbocycles. The molecule has 0 saturated heterocycles. The fourth-order valence-electron chi connectivity index (χ4n) is 0.863. The highest BCUT2D eigenvalue weighted by Crippen LogP contribution is 2.14. The van der Waals surface area contributed by atoms with Crippen LogP contribution in [0, 0.1) is 0 Å². The van der Waals surface area contributed by atoms with Gasteiger partial charge in [0, 0.05) is 19.2 Å². The minimum atomic E-state index is 0.503. The van der Waals surface area contributed by atoms with Crippen molar-refractivity contribution in [3.63, 3.8) is 0 Å². The van der Waals surface area contributed by atoms with Gasteiger partial charge in [0.25, 0.3) is 0 Å². The average Bonchev–Trinajstić information content (AvgIpc) is 2.07. The van der Waals surface area contributed by atoms with Gasteiger partial charge in [-0.15, -0.1) is 0 Å². The Labute approximate surface area is 86.3 Å². The van der Waals surface area contributed by atoms with Gasteiger partial charge in [0.05, 0.1) is 4.47 Å². The normalized spacial score (nSPS) is 10.8. The molecular weight excluding hydrogens is 232 g/mol. The van der Waals surface area contributed by atoms with E-state index in [1.54, 1.807) is 6.20 Å². The number of likely N-dealkylation sites (N-methyl/N-ethyl adjacent to an activating group) is 1. The Morgan fingerprint density at radius 3 is 2.77 bits per heavy atom. The van der Waals surface area contributed by atoms with Crippen molar-refractivity contribution in [3.8, 4) is 0 Å². The van der Waals surface area contributed by atoms with Crippen molar-refractivity contribution >= 4 is 21.7 Å². The highest BCUT2D eigenvalue weighted by Gasteiger charge is 2.01. The van der Waals surface area contributed by atoms with Gasteiger partial charge in [-0.3, -0.25) is 0 Å². The molecule has 1 heterocycles. The van der Waals surface area contributed by atoms with E-state index in [4.69, 9.17) is 5.73 Å². The van der Waals surface area contributed by atoms with Crippen LogP contribution in [0.2, 0.25) is 0 Å². The summed E-state index contributed by atoms with van der Waals surface area (Å²) < 4.78 is 0.751. The minimum Gasteiger partial charge on any atom is -0.383 e. The van der Waals surface area contributed by atoms with Crippen LogP contribution < -0.4 is 5.73 Å². The Bertz CT molecular complexity index is 287. The predicted octanol–water partition coefficient (Wildman–Crippen LogP) is 0.925. The maximum atomic E-state index is 5.62. The molecule has 0 spiro atoms. The van der Waals surface area contributed by atoms with Gasteiger partial charge in [-0.2, -0.15) is 0 Å². The van der Waals surface area contributed by atoms with Crippen molar-refractivity contribution in [2.24, 2.45) is 0 Å². The lowest BCUT2D eigenvalue weighted by molar-refractivity contribution is 0.409. The summed E-state index contributed by atoms with van der Waals surface area (Å²) in [5.74, 6) is 1.29. The average molecular weight is 245 g/mol. The maximum Gasteiger partial charge on any atom is 0.141 e. The standard InChI is InChI=1S/C8H13BrN4/c1-13(2)4-3-7-11-5-6(9)8(10)12-7/h5H,3-4H2,1-2H3,(H2,10,11,12). The van der Waals surface area contributed by atoms with E-state index in [0.717, 1.165) is 23.3 Å². The highest BCUT2D eigenvalue weighted by atomic mass is 79.9. The van der Waals surface area contributed by atoms with Gasteiger partial charge in [0.2, 0.25) is 0 Å². The quantitative estimate of drug-likeness (QED) is 0.860. The van der Waals surface area contributed by atoms with Crippen molar-refractivity contribution in [3.05, 3.63) is 16.5 Å². The van der Waals surface area contributed by atoms with E-state index in [9.17, 15) is 0 Å². The van der Waals surface area contributed by atoms with Gasteiger partial charge < -0.3 is 10.6 Å². The summed E-state index contributed by atoms with van der Waals surface area (Å²) in [4.78, 5) is 10.4. The zero-order valence-corrected chi connectivity index (χ0v) is 9.37. The van der Waals surface area contributed by atoms with Crippen molar-refractivity contribution in [2.45, 2.75) is 6.42 Å². The first kappa shape index (κ1) is 10.4. The molecule has 0 aromatic carbocycles. The number of anilines is 1. The summed E-state index contributed by atoms with van der Waals surface area (Å²) in [5, 5.41) is 0. The van der Waals surface area contributed by atoms with E-state index in [1.807, 2.05) is 14.1 Å². The first-order valence-corrected chi connectivity index (χ1v) is 4.80. The molecule has 0 atom stereocenters. The van der Waals surface area contributed by atoms with Crippen molar-refractivity contribution in [1.82, 2.24) is 14.9 Å². The largest absolute Gasteiger partial charge is 0.383 e. The van der Waals surface area contributed by atoms with Gasteiger partial charge in [0.15, 0.2) is 0 Å². The van der Waals surface area contributed by atoms with Gasteiger partial charge in [0.1, 0.15) is 11.6 Å². The third-order valence-electron chi connectivity index (χ3n) is 1.60. The molecule has 5 heteroatoms. The number of nitrogens with zero attached hydrogens (tertiary/aromatic N) is 3. The molecule has 1 aromatic rings. The van der Waals surface area contributed by atoms with E-state index in [1.165, 1.54) is 0 Å². The monoisotopic (exact) mass is 244 g/mol. The lowest BCUT2D eigenvalue weighted by Gasteiger charge is -2.08. The molecule has 2 N–H and O–H groups in total. The Morgan fingerprint density at radius 2 is 2.23 bits per heavy atom. The van der Waals surface area contributed by atoms with Crippen LogP contribution in [0.3, 0.4) is 0 Å². The highest BCUT2D eigenvalue weighted by molar-refractivity contribution is 9.10. The van der Waals surface area contributed by atoms with Crippen molar-refractivity contribution in [2.75, 3.05) is 26.4 Å². The topological polar surface area (TPSA) is 55.0 Å². The van der Waals surface area contributed by atoms with Crippen LogP contribution >= 0.6 is 15.9 Å². The Kier molecular flexibility index (Phi) is 3.62. The summed E-state index contributed by atoms with van der Waals surface area (Å²) in [7, 11) is 4.03. The molecule has 1 rings (SSSR count). The van der Waals surface area contributed by atoms with Crippen LogP contribution in [0.4, 0.5) is 5.82 Å². The van der Waals surface area contributed by atoms with E-state index in [2.05, 4.69) is 30.8 Å². The molecule has 1 aromatic heterocycles. The number of halogens is 1. The molecule has 0 aliphatic heterocycles. The smallest absolute Gasteiger partial charge is 0.141 e. The summed E-state index contributed by atoms with van der Waals surface area (Å²) in [6.07, 6.45) is 2.51. The zero-order valence-electron chi connectivity index (χ0n) is 7.79. The van der Waals surface area contributed by atoms with E-state index in [-0.39, 0.29) is 0 Å². The van der Waals surface area contributed by atoms with Gasteiger partial charge in [-0.25, -0.2) is 9.97 Å². The van der Waals surface area contributed by atoms with Crippen molar-refractivity contribution < 1.29 is 0 Å². The van der Waals surface area contributed by atoms with E-state index < -0.39 is 0 Å². The van der Waals surface area contributed by atoms with Crippen LogP contribution in [0.5, 0.6) is 0 Å². The third kappa shape index (κ3) is 3.28. The van der Waals surface area contributed by atoms with E-state index in [0.29, 0.717) is 5.82 Å². The van der Waals surface area contributed by atoms with Crippen LogP contribution in [0.1, 0.15) is 5.82 Å². The third-order valence-corrected chi connectivity index (χ3v) is 2.21. The molecule has 0 aliphatic rings. The molecule has 0 fully saturated rings. The number of rotatable bonds is 3. The first-order valence-electron chi connectivity index (χ1n) is 4.01. The molecule has 4 nitrogen and oxygen atoms in total. The summed E-state index contributed by atoms with van der Waals surface area (Å²) >= 11 is 3.25. The van der Waals surface area contributed by atoms with Gasteiger partial charge in [-0.1, -0.05) is 0 Å². The van der Waals surface area contributed by atoms with Gasteiger partial charge >= 0.3 is 0 Å². The fraction of sp³-hybridized carbons (Fsp3) is 0.500. The minimum absolute atomic E-state index is 0.503. The summed E-state index contributed by atoms with van der Waals surface area (Å²) in [6.45, 7) is 0.932. The number of aromatic nitrogens is 2. The zero-order chi connectivity index (χ0) is 9.84. The fourth-order valence-corrected chi connectivity index (χ4v) is 1.05.